The molecule has 1 aromatic carbocycles. The zero-order valence-corrected chi connectivity index (χ0v) is 16.2. The minimum Gasteiger partial charge on any atom is -0.444 e. The van der Waals surface area contributed by atoms with Crippen LogP contribution in [0.25, 0.3) is 10.8 Å². The zero-order valence-electron chi connectivity index (χ0n) is 14.6. The molecule has 0 bridgehead atoms. The largest absolute Gasteiger partial charge is 0.444 e. The zero-order chi connectivity index (χ0) is 18.9. The summed E-state index contributed by atoms with van der Waals surface area (Å²) >= 11 is 1.61. The van der Waals surface area contributed by atoms with E-state index in [-0.39, 0.29) is 4.90 Å². The summed E-state index contributed by atoms with van der Waals surface area (Å²) in [6.07, 6.45) is 1.73. The summed E-state index contributed by atoms with van der Waals surface area (Å²) in [7, 11) is -3.65. The molecular weight excluding hydrogens is 384 g/mol. The van der Waals surface area contributed by atoms with Crippen molar-refractivity contribution >= 4 is 27.0 Å². The second-order valence-corrected chi connectivity index (χ2v) is 8.93. The Balaban J connectivity index is 1.34. The normalized spacial score (nSPS) is 16.0. The molecular formula is C18H20N4O3S2. The second-order valence-electron chi connectivity index (χ2n) is 6.42. The van der Waals surface area contributed by atoms with Crippen LogP contribution in [0.4, 0.5) is 5.69 Å². The van der Waals surface area contributed by atoms with Crippen LogP contribution in [0.5, 0.6) is 0 Å². The summed E-state index contributed by atoms with van der Waals surface area (Å²) in [5.41, 5.74) is 1.94. The van der Waals surface area contributed by atoms with Gasteiger partial charge in [-0.15, -0.1) is 11.3 Å². The first-order chi connectivity index (χ1) is 13.0. The van der Waals surface area contributed by atoms with Gasteiger partial charge in [0.25, 0.3) is 0 Å². The molecule has 1 saturated heterocycles. The molecule has 2 aromatic heterocycles. The van der Waals surface area contributed by atoms with Crippen molar-refractivity contribution in [1.82, 2.24) is 9.88 Å². The van der Waals surface area contributed by atoms with Gasteiger partial charge < -0.3 is 9.32 Å². The van der Waals surface area contributed by atoms with Crippen LogP contribution in [-0.4, -0.2) is 44.5 Å². The number of oxazole rings is 1. The molecule has 1 aliphatic heterocycles. The van der Waals surface area contributed by atoms with E-state index in [2.05, 4.69) is 14.8 Å². The van der Waals surface area contributed by atoms with Gasteiger partial charge in [0.05, 0.1) is 15.5 Å². The Kier molecular flexibility index (Phi) is 5.00. The van der Waals surface area contributed by atoms with Crippen LogP contribution in [0.3, 0.4) is 0 Å². The highest BCUT2D eigenvalue weighted by Gasteiger charge is 2.19. The monoisotopic (exact) mass is 404 g/mol. The summed E-state index contributed by atoms with van der Waals surface area (Å²) in [6, 6.07) is 10.7. The van der Waals surface area contributed by atoms with Crippen molar-refractivity contribution in [1.29, 1.82) is 0 Å². The number of nitrogens with zero attached hydrogens (tertiary/aromatic N) is 3. The minimum atomic E-state index is -3.65. The number of nitrogens with two attached hydrogens (primary N) is 1. The van der Waals surface area contributed by atoms with Crippen LogP contribution >= 0.6 is 11.3 Å². The minimum absolute atomic E-state index is 0.137. The van der Waals surface area contributed by atoms with Gasteiger partial charge in [-0.3, -0.25) is 4.90 Å². The lowest BCUT2D eigenvalue weighted by Crippen LogP contribution is -2.46. The Bertz CT molecular complexity index is 990. The summed E-state index contributed by atoms with van der Waals surface area (Å²) < 4.78 is 28.3. The molecule has 1 fully saturated rings. The van der Waals surface area contributed by atoms with Crippen molar-refractivity contribution < 1.29 is 12.8 Å². The lowest BCUT2D eigenvalue weighted by atomic mass is 10.2. The first kappa shape index (κ1) is 18.2. The Hall–Kier alpha value is -2.20. The third kappa shape index (κ3) is 4.22. The number of benzene rings is 1. The van der Waals surface area contributed by atoms with Gasteiger partial charge in [0, 0.05) is 38.4 Å². The maximum Gasteiger partial charge on any atom is 0.238 e. The van der Waals surface area contributed by atoms with Gasteiger partial charge in [0.15, 0.2) is 0 Å². The molecule has 9 heteroatoms. The van der Waals surface area contributed by atoms with Crippen LogP contribution in [0.15, 0.2) is 57.4 Å². The molecule has 142 valence electrons. The van der Waals surface area contributed by atoms with Crippen LogP contribution in [-0.2, 0) is 16.6 Å². The highest BCUT2D eigenvalue weighted by molar-refractivity contribution is 7.89. The van der Waals surface area contributed by atoms with Gasteiger partial charge in [-0.2, -0.15) is 0 Å². The Morgan fingerprint density at radius 2 is 1.85 bits per heavy atom. The lowest BCUT2D eigenvalue weighted by Gasteiger charge is -2.35. The summed E-state index contributed by atoms with van der Waals surface area (Å²) in [5.74, 6) is 0.675. The van der Waals surface area contributed by atoms with Gasteiger partial charge in [-0.05, 0) is 35.7 Å². The Morgan fingerprint density at radius 3 is 2.48 bits per heavy atom. The van der Waals surface area contributed by atoms with E-state index in [9.17, 15) is 8.42 Å². The van der Waals surface area contributed by atoms with Gasteiger partial charge in [-0.25, -0.2) is 18.5 Å². The highest BCUT2D eigenvalue weighted by atomic mass is 32.2. The fourth-order valence-corrected chi connectivity index (χ4v) is 4.30. The second kappa shape index (κ2) is 7.43. The number of primary sulfonamides is 1. The smallest absolute Gasteiger partial charge is 0.238 e. The van der Waals surface area contributed by atoms with E-state index in [0.717, 1.165) is 49.0 Å². The van der Waals surface area contributed by atoms with E-state index < -0.39 is 10.0 Å². The fourth-order valence-electron chi connectivity index (χ4n) is 3.13. The topological polar surface area (TPSA) is 92.7 Å². The maximum atomic E-state index is 11.4. The van der Waals surface area contributed by atoms with Gasteiger partial charge in [-0.1, -0.05) is 6.07 Å². The number of hydrogen-bond acceptors (Lipinski definition) is 7. The average Bonchev–Trinajstić information content (AvgIpc) is 3.33. The standard InChI is InChI=1S/C18H20N4O3S2/c19-27(23,24)16-5-3-15(4-6-16)22-9-7-21(8-10-22)12-14-13-25-18(20-14)17-2-1-11-26-17/h1-6,11,13H,7-10,12H2,(H2,19,23,24). The van der Waals surface area contributed by atoms with Crippen molar-refractivity contribution in [2.24, 2.45) is 5.14 Å². The third-order valence-electron chi connectivity index (χ3n) is 4.57. The van der Waals surface area contributed by atoms with Crippen LogP contribution in [0.2, 0.25) is 0 Å². The molecule has 0 radical (unpaired) electrons. The Labute approximate surface area is 162 Å². The molecule has 1 aliphatic rings. The summed E-state index contributed by atoms with van der Waals surface area (Å²) in [5, 5.41) is 7.16. The predicted octanol–water partition coefficient (Wildman–Crippen LogP) is 2.37. The van der Waals surface area contributed by atoms with E-state index in [4.69, 9.17) is 9.56 Å². The van der Waals surface area contributed by atoms with Gasteiger partial charge in [0.2, 0.25) is 15.9 Å². The Morgan fingerprint density at radius 1 is 1.11 bits per heavy atom. The van der Waals surface area contributed by atoms with E-state index >= 15 is 0 Å². The third-order valence-corrected chi connectivity index (χ3v) is 6.36. The van der Waals surface area contributed by atoms with Crippen LogP contribution < -0.4 is 10.0 Å². The molecule has 2 N–H and O–H groups in total. The van der Waals surface area contributed by atoms with Crippen LogP contribution in [0, 0.1) is 0 Å². The van der Waals surface area contributed by atoms with Crippen molar-refractivity contribution in [3.63, 3.8) is 0 Å². The molecule has 0 aliphatic carbocycles. The maximum absolute atomic E-state index is 11.4. The number of anilines is 1. The molecule has 0 saturated carbocycles. The number of thiophene rings is 1. The molecule has 4 rings (SSSR count). The number of rotatable bonds is 5. The SMILES string of the molecule is NS(=O)(=O)c1ccc(N2CCN(Cc3coc(-c4cccs4)n3)CC2)cc1. The van der Waals surface area contributed by atoms with Crippen molar-refractivity contribution in [2.45, 2.75) is 11.4 Å². The van der Waals surface area contributed by atoms with E-state index in [1.54, 1.807) is 41.9 Å². The van der Waals surface area contributed by atoms with Crippen LogP contribution in [0.1, 0.15) is 5.69 Å². The predicted molar refractivity (Wildman–Crippen MR) is 105 cm³/mol. The van der Waals surface area contributed by atoms with Crippen molar-refractivity contribution in [3.05, 3.63) is 53.7 Å². The van der Waals surface area contributed by atoms with E-state index in [1.165, 1.54) is 0 Å². The molecule has 0 atom stereocenters. The van der Waals surface area contributed by atoms with E-state index in [0.29, 0.717) is 5.89 Å². The van der Waals surface area contributed by atoms with E-state index in [1.807, 2.05) is 17.5 Å². The number of aromatic nitrogens is 1. The molecule has 3 aromatic rings. The van der Waals surface area contributed by atoms with Crippen molar-refractivity contribution in [2.75, 3.05) is 31.1 Å². The quantitative estimate of drug-likeness (QED) is 0.702. The highest BCUT2D eigenvalue weighted by Crippen LogP contribution is 2.24. The molecule has 0 amide bonds. The summed E-state index contributed by atoms with van der Waals surface area (Å²) in [4.78, 5) is 10.3. The molecule has 27 heavy (non-hydrogen) atoms. The van der Waals surface area contributed by atoms with Crippen molar-refractivity contribution in [3.8, 4) is 10.8 Å². The number of piperazine rings is 1. The summed E-state index contributed by atoms with van der Waals surface area (Å²) in [6.45, 7) is 4.29. The molecule has 0 unspecified atom stereocenters. The fraction of sp³-hybridized carbons (Fsp3) is 0.278. The number of hydrogen-bond donors (Lipinski definition) is 1. The van der Waals surface area contributed by atoms with Gasteiger partial charge >= 0.3 is 0 Å². The molecule has 0 spiro atoms. The first-order valence-electron chi connectivity index (χ1n) is 8.57. The number of sulfonamides is 1. The average molecular weight is 405 g/mol. The molecule has 7 nitrogen and oxygen atoms in total. The van der Waals surface area contributed by atoms with Gasteiger partial charge in [0.1, 0.15) is 6.26 Å². The first-order valence-corrected chi connectivity index (χ1v) is 11.0. The molecule has 3 heterocycles. The lowest BCUT2D eigenvalue weighted by molar-refractivity contribution is 0.247.